The third-order valence-corrected chi connectivity index (χ3v) is 2.04. The molecule has 0 radical (unpaired) electrons. The first-order valence-corrected chi connectivity index (χ1v) is 3.92. The molecule has 2 atom stereocenters. The van der Waals surface area contributed by atoms with E-state index in [0.717, 1.165) is 19.5 Å². The summed E-state index contributed by atoms with van der Waals surface area (Å²) in [6.45, 7) is 4.49. The van der Waals surface area contributed by atoms with Crippen LogP contribution in [0, 0.1) is 0 Å². The van der Waals surface area contributed by atoms with Gasteiger partial charge >= 0.3 is 0 Å². The standard InChI is InChI=1S/C7H16N2O/c1-6-7(2-5-10)9-4-3-8-6/h6-10H,2-5H2,1H3. The van der Waals surface area contributed by atoms with Crippen LogP contribution in [0.2, 0.25) is 0 Å². The van der Waals surface area contributed by atoms with Crippen molar-refractivity contribution in [2.45, 2.75) is 25.4 Å². The van der Waals surface area contributed by atoms with Crippen LogP contribution in [0.3, 0.4) is 0 Å². The van der Waals surface area contributed by atoms with Crippen molar-refractivity contribution >= 4 is 0 Å². The van der Waals surface area contributed by atoms with Gasteiger partial charge in [-0.3, -0.25) is 0 Å². The van der Waals surface area contributed by atoms with Gasteiger partial charge in [0, 0.05) is 31.8 Å². The minimum atomic E-state index is 0.281. The van der Waals surface area contributed by atoms with Gasteiger partial charge in [-0.2, -0.15) is 0 Å². The van der Waals surface area contributed by atoms with E-state index in [1.165, 1.54) is 0 Å². The third-order valence-electron chi connectivity index (χ3n) is 2.04. The monoisotopic (exact) mass is 144 g/mol. The number of piperazine rings is 1. The molecule has 1 heterocycles. The average Bonchev–Trinajstić information content (AvgIpc) is 1.94. The van der Waals surface area contributed by atoms with Crippen molar-refractivity contribution in [3.8, 4) is 0 Å². The SMILES string of the molecule is CC1NCCNC1CCO. The highest BCUT2D eigenvalue weighted by Crippen LogP contribution is 2.00. The molecule has 3 nitrogen and oxygen atoms in total. The highest BCUT2D eigenvalue weighted by atomic mass is 16.3. The molecular formula is C7H16N2O. The Morgan fingerprint density at radius 2 is 2.10 bits per heavy atom. The molecule has 10 heavy (non-hydrogen) atoms. The van der Waals surface area contributed by atoms with Gasteiger partial charge in [-0.05, 0) is 13.3 Å². The summed E-state index contributed by atoms with van der Waals surface area (Å²) in [5.74, 6) is 0. The van der Waals surface area contributed by atoms with Crippen LogP contribution in [0.5, 0.6) is 0 Å². The summed E-state index contributed by atoms with van der Waals surface area (Å²) >= 11 is 0. The Hall–Kier alpha value is -0.120. The normalized spacial score (nSPS) is 34.2. The molecular weight excluding hydrogens is 128 g/mol. The molecule has 3 heteroatoms. The van der Waals surface area contributed by atoms with Gasteiger partial charge in [0.15, 0.2) is 0 Å². The average molecular weight is 144 g/mol. The van der Waals surface area contributed by atoms with Crippen LogP contribution < -0.4 is 10.6 Å². The second-order valence-corrected chi connectivity index (χ2v) is 2.82. The molecule has 3 N–H and O–H groups in total. The molecule has 1 rings (SSSR count). The van der Waals surface area contributed by atoms with Gasteiger partial charge in [0.05, 0.1) is 0 Å². The zero-order valence-electron chi connectivity index (χ0n) is 6.43. The van der Waals surface area contributed by atoms with Crippen LogP contribution in [0.15, 0.2) is 0 Å². The summed E-state index contributed by atoms with van der Waals surface area (Å²) < 4.78 is 0. The molecule has 1 aliphatic heterocycles. The molecule has 1 fully saturated rings. The van der Waals surface area contributed by atoms with Crippen molar-refractivity contribution in [2.24, 2.45) is 0 Å². The zero-order chi connectivity index (χ0) is 7.40. The second-order valence-electron chi connectivity index (χ2n) is 2.82. The lowest BCUT2D eigenvalue weighted by atomic mass is 10.1. The van der Waals surface area contributed by atoms with E-state index in [2.05, 4.69) is 17.6 Å². The molecule has 0 bridgehead atoms. The van der Waals surface area contributed by atoms with Gasteiger partial charge in [0.25, 0.3) is 0 Å². The van der Waals surface area contributed by atoms with Crippen LogP contribution in [0.4, 0.5) is 0 Å². The largest absolute Gasteiger partial charge is 0.396 e. The maximum absolute atomic E-state index is 8.67. The highest BCUT2D eigenvalue weighted by molar-refractivity contribution is 4.82. The fourth-order valence-electron chi connectivity index (χ4n) is 1.37. The Morgan fingerprint density at radius 1 is 1.40 bits per heavy atom. The van der Waals surface area contributed by atoms with Crippen molar-refractivity contribution in [2.75, 3.05) is 19.7 Å². The van der Waals surface area contributed by atoms with Gasteiger partial charge in [-0.1, -0.05) is 0 Å². The van der Waals surface area contributed by atoms with E-state index < -0.39 is 0 Å². The Labute approximate surface area is 61.8 Å². The molecule has 60 valence electrons. The number of hydrogen-bond acceptors (Lipinski definition) is 3. The summed E-state index contributed by atoms with van der Waals surface area (Å²) in [6.07, 6.45) is 0.855. The maximum Gasteiger partial charge on any atom is 0.0446 e. The van der Waals surface area contributed by atoms with Crippen molar-refractivity contribution < 1.29 is 5.11 Å². The lowest BCUT2D eigenvalue weighted by Gasteiger charge is -2.30. The van der Waals surface area contributed by atoms with Crippen LogP contribution in [-0.2, 0) is 0 Å². The van der Waals surface area contributed by atoms with E-state index in [1.54, 1.807) is 0 Å². The van der Waals surface area contributed by atoms with E-state index in [4.69, 9.17) is 5.11 Å². The smallest absolute Gasteiger partial charge is 0.0446 e. The van der Waals surface area contributed by atoms with E-state index in [0.29, 0.717) is 12.1 Å². The van der Waals surface area contributed by atoms with Gasteiger partial charge in [0.2, 0.25) is 0 Å². The lowest BCUT2D eigenvalue weighted by Crippen LogP contribution is -2.54. The first-order chi connectivity index (χ1) is 4.84. The van der Waals surface area contributed by atoms with Crippen molar-refractivity contribution in [3.05, 3.63) is 0 Å². The lowest BCUT2D eigenvalue weighted by molar-refractivity contribution is 0.233. The van der Waals surface area contributed by atoms with Crippen molar-refractivity contribution in [1.29, 1.82) is 0 Å². The van der Waals surface area contributed by atoms with Gasteiger partial charge in [0.1, 0.15) is 0 Å². The quantitative estimate of drug-likeness (QED) is 0.481. The van der Waals surface area contributed by atoms with Crippen molar-refractivity contribution in [3.63, 3.8) is 0 Å². The number of nitrogens with one attached hydrogen (secondary N) is 2. The molecule has 1 aliphatic rings. The molecule has 0 amide bonds. The second kappa shape index (κ2) is 3.91. The first-order valence-electron chi connectivity index (χ1n) is 3.92. The molecule has 2 unspecified atom stereocenters. The summed E-state index contributed by atoms with van der Waals surface area (Å²) in [4.78, 5) is 0. The Morgan fingerprint density at radius 3 is 2.70 bits per heavy atom. The van der Waals surface area contributed by atoms with E-state index in [1.807, 2.05) is 0 Å². The molecule has 0 saturated carbocycles. The molecule has 0 aromatic rings. The van der Waals surface area contributed by atoms with Crippen LogP contribution in [0.1, 0.15) is 13.3 Å². The maximum atomic E-state index is 8.67. The van der Waals surface area contributed by atoms with Crippen LogP contribution in [0.25, 0.3) is 0 Å². The number of hydrogen-bond donors (Lipinski definition) is 3. The van der Waals surface area contributed by atoms with E-state index in [9.17, 15) is 0 Å². The molecule has 0 spiro atoms. The highest BCUT2D eigenvalue weighted by Gasteiger charge is 2.18. The zero-order valence-corrected chi connectivity index (χ0v) is 6.43. The van der Waals surface area contributed by atoms with E-state index >= 15 is 0 Å². The number of rotatable bonds is 2. The Bertz CT molecular complexity index is 95.6. The molecule has 0 aliphatic carbocycles. The minimum Gasteiger partial charge on any atom is -0.396 e. The number of aliphatic hydroxyl groups excluding tert-OH is 1. The van der Waals surface area contributed by atoms with Crippen LogP contribution in [-0.4, -0.2) is 36.9 Å². The minimum absolute atomic E-state index is 0.281. The topological polar surface area (TPSA) is 44.3 Å². The Kier molecular flexibility index (Phi) is 3.12. The molecule has 0 aromatic heterocycles. The number of aliphatic hydroxyl groups is 1. The van der Waals surface area contributed by atoms with Gasteiger partial charge in [-0.25, -0.2) is 0 Å². The predicted molar refractivity (Wildman–Crippen MR) is 41.0 cm³/mol. The van der Waals surface area contributed by atoms with Crippen molar-refractivity contribution in [1.82, 2.24) is 10.6 Å². The molecule has 0 aromatic carbocycles. The van der Waals surface area contributed by atoms with E-state index in [-0.39, 0.29) is 6.61 Å². The summed E-state index contributed by atoms with van der Waals surface area (Å²) in [5, 5.41) is 15.4. The summed E-state index contributed by atoms with van der Waals surface area (Å²) in [6, 6.07) is 0.958. The fraction of sp³-hybridized carbons (Fsp3) is 1.00. The van der Waals surface area contributed by atoms with Gasteiger partial charge in [-0.15, -0.1) is 0 Å². The first kappa shape index (κ1) is 7.98. The third kappa shape index (κ3) is 1.94. The fourth-order valence-corrected chi connectivity index (χ4v) is 1.37. The Balaban J connectivity index is 2.25. The predicted octanol–water partition coefficient (Wildman–Crippen LogP) is -0.681. The van der Waals surface area contributed by atoms with Gasteiger partial charge < -0.3 is 15.7 Å². The summed E-state index contributed by atoms with van der Waals surface area (Å²) in [7, 11) is 0. The van der Waals surface area contributed by atoms with Crippen LogP contribution >= 0.6 is 0 Å². The summed E-state index contributed by atoms with van der Waals surface area (Å²) in [5.41, 5.74) is 0. The molecule has 1 saturated heterocycles.